The molecule has 3 unspecified atom stereocenters. The summed E-state index contributed by atoms with van der Waals surface area (Å²) < 4.78 is 5.31. The van der Waals surface area contributed by atoms with E-state index in [2.05, 4.69) is 29.2 Å². The van der Waals surface area contributed by atoms with Crippen LogP contribution in [0, 0.1) is 5.92 Å². The normalized spacial score (nSPS) is 22.6. The number of carbonyl (C=O) groups is 1. The van der Waals surface area contributed by atoms with Crippen LogP contribution in [0.4, 0.5) is 4.79 Å². The lowest BCUT2D eigenvalue weighted by Gasteiger charge is -2.34. The van der Waals surface area contributed by atoms with E-state index in [9.17, 15) is 4.79 Å². The monoisotopic (exact) mass is 314 g/mol. The van der Waals surface area contributed by atoms with Crippen LogP contribution in [0.2, 0.25) is 0 Å². The Morgan fingerprint density at radius 2 is 2.14 bits per heavy atom. The number of carbonyl (C=O) groups excluding carboxylic acids is 1. The topological polar surface area (TPSA) is 70.8 Å². The second kappa shape index (κ2) is 8.13. The smallest absolute Gasteiger partial charge is 0.407 e. The predicted octanol–water partition coefficient (Wildman–Crippen LogP) is 1.11. The van der Waals surface area contributed by atoms with Crippen LogP contribution < -0.4 is 11.1 Å². The fraction of sp³-hybridized carbons (Fsp3) is 0.938. The standard InChI is InChI=1S/C16H34N4O2/c1-12(18-15(21)22-16(2,3)4)14(9-17)20(6)11-13-7-8-19(5)10-13/h12-14H,7-11,17H2,1-6H3,(H,18,21). The highest BCUT2D eigenvalue weighted by atomic mass is 16.6. The SMILES string of the molecule is CC(NC(=O)OC(C)(C)C)C(CN)N(C)CC1CCN(C)C1. The van der Waals surface area contributed by atoms with Gasteiger partial charge in [-0.25, -0.2) is 4.79 Å². The number of rotatable bonds is 6. The summed E-state index contributed by atoms with van der Waals surface area (Å²) in [7, 11) is 4.25. The van der Waals surface area contributed by atoms with E-state index in [0.717, 1.165) is 19.6 Å². The van der Waals surface area contributed by atoms with Crippen LogP contribution in [0.5, 0.6) is 0 Å². The quantitative estimate of drug-likeness (QED) is 0.768. The highest BCUT2D eigenvalue weighted by molar-refractivity contribution is 5.68. The van der Waals surface area contributed by atoms with Crippen molar-refractivity contribution in [3.8, 4) is 0 Å². The summed E-state index contributed by atoms with van der Waals surface area (Å²) in [6.45, 7) is 11.4. The van der Waals surface area contributed by atoms with Crippen molar-refractivity contribution in [1.82, 2.24) is 15.1 Å². The molecular formula is C16H34N4O2. The number of likely N-dealkylation sites (N-methyl/N-ethyl adjacent to an activating group) is 1. The van der Waals surface area contributed by atoms with Crippen LogP contribution in [-0.2, 0) is 4.74 Å². The number of nitrogens with two attached hydrogens (primary N) is 1. The van der Waals surface area contributed by atoms with Crippen molar-refractivity contribution < 1.29 is 9.53 Å². The van der Waals surface area contributed by atoms with Crippen LogP contribution >= 0.6 is 0 Å². The first kappa shape index (κ1) is 19.2. The van der Waals surface area contributed by atoms with Crippen LogP contribution in [0.1, 0.15) is 34.1 Å². The Bertz CT molecular complexity index is 357. The highest BCUT2D eigenvalue weighted by Gasteiger charge is 2.28. The second-order valence-electron chi connectivity index (χ2n) is 7.59. The average Bonchev–Trinajstić information content (AvgIpc) is 2.72. The lowest BCUT2D eigenvalue weighted by Crippen LogP contribution is -2.54. The Balaban J connectivity index is 2.48. The Hall–Kier alpha value is -0.850. The molecule has 0 aromatic heterocycles. The lowest BCUT2D eigenvalue weighted by atomic mass is 10.0. The molecule has 130 valence electrons. The Labute approximate surface area is 135 Å². The number of likely N-dealkylation sites (tertiary alicyclic amines) is 1. The van der Waals surface area contributed by atoms with Gasteiger partial charge >= 0.3 is 6.09 Å². The molecule has 0 bridgehead atoms. The molecule has 1 aliphatic rings. The van der Waals surface area contributed by atoms with E-state index in [-0.39, 0.29) is 18.2 Å². The minimum Gasteiger partial charge on any atom is -0.444 e. The third-order valence-corrected chi connectivity index (χ3v) is 4.16. The Morgan fingerprint density at radius 1 is 1.50 bits per heavy atom. The number of ether oxygens (including phenoxy) is 1. The maximum absolute atomic E-state index is 11.9. The van der Waals surface area contributed by atoms with E-state index < -0.39 is 5.60 Å². The second-order valence-corrected chi connectivity index (χ2v) is 7.59. The van der Waals surface area contributed by atoms with Crippen molar-refractivity contribution in [3.63, 3.8) is 0 Å². The van der Waals surface area contributed by atoms with Gasteiger partial charge in [-0.3, -0.25) is 4.90 Å². The number of nitrogens with one attached hydrogen (secondary N) is 1. The van der Waals surface area contributed by atoms with E-state index in [1.807, 2.05) is 27.7 Å². The van der Waals surface area contributed by atoms with E-state index >= 15 is 0 Å². The zero-order valence-electron chi connectivity index (χ0n) is 15.1. The van der Waals surface area contributed by atoms with Crippen molar-refractivity contribution in [1.29, 1.82) is 0 Å². The van der Waals surface area contributed by atoms with Crippen LogP contribution in [0.15, 0.2) is 0 Å². The van der Waals surface area contributed by atoms with Crippen molar-refractivity contribution in [3.05, 3.63) is 0 Å². The molecule has 0 radical (unpaired) electrons. The van der Waals surface area contributed by atoms with Gasteiger partial charge in [0.15, 0.2) is 0 Å². The maximum atomic E-state index is 11.9. The van der Waals surface area contributed by atoms with Crippen LogP contribution in [0.3, 0.4) is 0 Å². The van der Waals surface area contributed by atoms with Gasteiger partial charge in [-0.05, 0) is 60.7 Å². The predicted molar refractivity (Wildman–Crippen MR) is 89.9 cm³/mol. The molecule has 1 aliphatic heterocycles. The molecule has 6 nitrogen and oxygen atoms in total. The molecule has 6 heteroatoms. The number of alkyl carbamates (subject to hydrolysis) is 1. The Morgan fingerprint density at radius 3 is 2.59 bits per heavy atom. The van der Waals surface area contributed by atoms with Gasteiger partial charge in [-0.1, -0.05) is 0 Å². The molecule has 0 aromatic rings. The molecule has 3 N–H and O–H groups in total. The number of amides is 1. The molecule has 3 atom stereocenters. The third kappa shape index (κ3) is 6.50. The van der Waals surface area contributed by atoms with Gasteiger partial charge in [0.2, 0.25) is 0 Å². The van der Waals surface area contributed by atoms with Crippen molar-refractivity contribution in [2.24, 2.45) is 11.7 Å². The van der Waals surface area contributed by atoms with Crippen molar-refractivity contribution >= 4 is 6.09 Å². The molecule has 1 heterocycles. The molecule has 0 aromatic carbocycles. The molecule has 1 amide bonds. The first-order valence-corrected chi connectivity index (χ1v) is 8.20. The molecule has 22 heavy (non-hydrogen) atoms. The van der Waals surface area contributed by atoms with E-state index in [1.165, 1.54) is 6.42 Å². The number of hydrogen-bond acceptors (Lipinski definition) is 5. The molecule has 0 spiro atoms. The van der Waals surface area contributed by atoms with Crippen LogP contribution in [-0.4, -0.2) is 73.9 Å². The third-order valence-electron chi connectivity index (χ3n) is 4.16. The molecular weight excluding hydrogens is 280 g/mol. The van der Waals surface area contributed by atoms with Crippen molar-refractivity contribution in [2.75, 3.05) is 40.3 Å². The van der Waals surface area contributed by atoms with E-state index in [1.54, 1.807) is 0 Å². The Kier molecular flexibility index (Phi) is 7.09. The summed E-state index contributed by atoms with van der Waals surface area (Å²) in [6.07, 6.45) is 0.846. The fourth-order valence-electron chi connectivity index (χ4n) is 3.07. The van der Waals surface area contributed by atoms with Gasteiger partial charge in [-0.2, -0.15) is 0 Å². The van der Waals surface area contributed by atoms with Crippen LogP contribution in [0.25, 0.3) is 0 Å². The zero-order chi connectivity index (χ0) is 16.9. The molecule has 0 aliphatic carbocycles. The highest BCUT2D eigenvalue weighted by Crippen LogP contribution is 2.17. The zero-order valence-corrected chi connectivity index (χ0v) is 15.1. The summed E-state index contributed by atoms with van der Waals surface area (Å²) in [5, 5.41) is 2.91. The minimum absolute atomic E-state index is 0.0519. The molecule has 1 saturated heterocycles. The fourth-order valence-corrected chi connectivity index (χ4v) is 3.07. The maximum Gasteiger partial charge on any atom is 0.407 e. The summed E-state index contributed by atoms with van der Waals surface area (Å²) in [4.78, 5) is 16.5. The lowest BCUT2D eigenvalue weighted by molar-refractivity contribution is 0.0474. The van der Waals surface area contributed by atoms with Gasteiger partial charge < -0.3 is 20.7 Å². The average molecular weight is 314 g/mol. The summed E-state index contributed by atoms with van der Waals surface area (Å²) in [5.41, 5.74) is 5.45. The van der Waals surface area contributed by atoms with Gasteiger partial charge in [0, 0.05) is 31.7 Å². The summed E-state index contributed by atoms with van der Waals surface area (Å²) in [5.74, 6) is 0.678. The van der Waals surface area contributed by atoms with Gasteiger partial charge in [0.25, 0.3) is 0 Å². The van der Waals surface area contributed by atoms with Gasteiger partial charge in [0.05, 0.1) is 0 Å². The van der Waals surface area contributed by atoms with E-state index in [0.29, 0.717) is 12.5 Å². The minimum atomic E-state index is -0.484. The van der Waals surface area contributed by atoms with E-state index in [4.69, 9.17) is 10.5 Å². The first-order chi connectivity index (χ1) is 10.1. The summed E-state index contributed by atoms with van der Waals surface area (Å²) >= 11 is 0. The van der Waals surface area contributed by atoms with Gasteiger partial charge in [0.1, 0.15) is 5.60 Å². The van der Waals surface area contributed by atoms with Crippen molar-refractivity contribution in [2.45, 2.75) is 51.8 Å². The molecule has 0 saturated carbocycles. The first-order valence-electron chi connectivity index (χ1n) is 8.20. The number of nitrogens with zero attached hydrogens (tertiary/aromatic N) is 2. The number of hydrogen-bond donors (Lipinski definition) is 2. The summed E-state index contributed by atoms with van der Waals surface area (Å²) in [6, 6.07) is 0.0578. The van der Waals surface area contributed by atoms with Gasteiger partial charge in [-0.15, -0.1) is 0 Å². The molecule has 1 rings (SSSR count). The largest absolute Gasteiger partial charge is 0.444 e. The molecule has 1 fully saturated rings.